The van der Waals surface area contributed by atoms with E-state index >= 15 is 0 Å². The molecule has 0 rings (SSSR count). The second-order valence-electron chi connectivity index (χ2n) is 3.94. The van der Waals surface area contributed by atoms with E-state index in [2.05, 4.69) is 6.58 Å². The van der Waals surface area contributed by atoms with E-state index in [0.29, 0.717) is 0 Å². The van der Waals surface area contributed by atoms with Gasteiger partial charge in [0.1, 0.15) is 5.92 Å². The van der Waals surface area contributed by atoms with Crippen LogP contribution in [0.15, 0.2) is 12.7 Å². The van der Waals surface area contributed by atoms with Gasteiger partial charge in [0.2, 0.25) is 5.60 Å². The monoisotopic (exact) mass is 244 g/mol. The lowest BCUT2D eigenvalue weighted by Gasteiger charge is -2.35. The summed E-state index contributed by atoms with van der Waals surface area (Å²) in [6.07, 6.45) is 0.800. The van der Waals surface area contributed by atoms with E-state index in [1.807, 2.05) is 0 Å². The fourth-order valence-corrected chi connectivity index (χ4v) is 1.57. The van der Waals surface area contributed by atoms with Crippen LogP contribution in [0.4, 0.5) is 0 Å². The quantitative estimate of drug-likeness (QED) is 0.532. The van der Waals surface area contributed by atoms with Gasteiger partial charge in [-0.05, 0) is 6.92 Å². The number of rotatable bonds is 6. The lowest BCUT2D eigenvalue weighted by Crippen LogP contribution is -2.55. The van der Waals surface area contributed by atoms with Gasteiger partial charge in [-0.25, -0.2) is 9.59 Å². The molecular formula is C11H16O6. The van der Waals surface area contributed by atoms with Crippen LogP contribution in [0.25, 0.3) is 0 Å². The van der Waals surface area contributed by atoms with Gasteiger partial charge in [-0.2, -0.15) is 0 Å². The minimum absolute atomic E-state index is 0.699. The largest absolute Gasteiger partial charge is 0.481 e. The maximum Gasteiger partial charge on any atom is 0.349 e. The van der Waals surface area contributed by atoms with Crippen molar-refractivity contribution >= 4 is 17.9 Å². The Morgan fingerprint density at radius 2 is 1.71 bits per heavy atom. The van der Waals surface area contributed by atoms with Gasteiger partial charge >= 0.3 is 17.9 Å². The van der Waals surface area contributed by atoms with E-state index in [1.54, 1.807) is 0 Å². The smallest absolute Gasteiger partial charge is 0.349 e. The Kier molecular flexibility index (Phi) is 4.87. The Bertz CT molecular complexity index is 346. The number of ether oxygens (including phenoxy) is 1. The number of carboxylic acid groups (broad SMARTS) is 2. The van der Waals surface area contributed by atoms with Crippen molar-refractivity contribution in [2.24, 2.45) is 11.8 Å². The molecule has 0 heterocycles. The van der Waals surface area contributed by atoms with Crippen LogP contribution < -0.4 is 0 Å². The third-order valence-electron chi connectivity index (χ3n) is 2.64. The topological polar surface area (TPSA) is 101 Å². The molecule has 0 aliphatic carbocycles. The molecule has 6 nitrogen and oxygen atoms in total. The summed E-state index contributed by atoms with van der Waals surface area (Å²) in [7, 11) is 0. The second-order valence-corrected chi connectivity index (χ2v) is 3.94. The van der Waals surface area contributed by atoms with Crippen molar-refractivity contribution in [2.75, 3.05) is 0 Å². The van der Waals surface area contributed by atoms with Crippen LogP contribution in [0.3, 0.4) is 0 Å². The lowest BCUT2D eigenvalue weighted by atomic mass is 9.79. The molecule has 2 atom stereocenters. The van der Waals surface area contributed by atoms with Crippen molar-refractivity contribution in [2.45, 2.75) is 26.4 Å². The summed E-state index contributed by atoms with van der Waals surface area (Å²) in [4.78, 5) is 33.4. The van der Waals surface area contributed by atoms with Gasteiger partial charge in [-0.15, -0.1) is 0 Å². The number of aliphatic carboxylic acids is 2. The third kappa shape index (κ3) is 2.83. The second kappa shape index (κ2) is 5.47. The maximum absolute atomic E-state index is 11.3. The van der Waals surface area contributed by atoms with Crippen LogP contribution in [-0.4, -0.2) is 33.7 Å². The molecule has 0 amide bonds. The molecule has 0 radical (unpaired) electrons. The molecule has 0 saturated carbocycles. The zero-order valence-corrected chi connectivity index (χ0v) is 9.97. The molecule has 0 aliphatic heterocycles. The average Bonchev–Trinajstić information content (AvgIpc) is 2.23. The highest BCUT2D eigenvalue weighted by atomic mass is 16.6. The van der Waals surface area contributed by atoms with Crippen molar-refractivity contribution in [3.63, 3.8) is 0 Å². The van der Waals surface area contributed by atoms with Gasteiger partial charge in [0, 0.05) is 12.0 Å². The molecular weight excluding hydrogens is 228 g/mol. The van der Waals surface area contributed by atoms with Crippen molar-refractivity contribution in [1.82, 2.24) is 0 Å². The summed E-state index contributed by atoms with van der Waals surface area (Å²) in [5, 5.41) is 18.1. The summed E-state index contributed by atoms with van der Waals surface area (Å²) < 4.78 is 4.80. The lowest BCUT2D eigenvalue weighted by molar-refractivity contribution is -0.194. The first kappa shape index (κ1) is 15.2. The number of carbonyl (C=O) groups is 3. The van der Waals surface area contributed by atoms with Crippen molar-refractivity contribution < 1.29 is 29.3 Å². The van der Waals surface area contributed by atoms with Gasteiger partial charge in [-0.1, -0.05) is 20.4 Å². The van der Waals surface area contributed by atoms with Crippen LogP contribution in [0.5, 0.6) is 0 Å². The van der Waals surface area contributed by atoms with E-state index in [4.69, 9.17) is 9.84 Å². The van der Waals surface area contributed by atoms with Crippen LogP contribution in [0.2, 0.25) is 0 Å². The Labute approximate surface area is 98.9 Å². The molecule has 0 aromatic carbocycles. The number of hydrogen-bond donors (Lipinski definition) is 2. The van der Waals surface area contributed by atoms with Crippen LogP contribution in [0.1, 0.15) is 20.8 Å². The van der Waals surface area contributed by atoms with E-state index < -0.39 is 35.3 Å². The third-order valence-corrected chi connectivity index (χ3v) is 2.64. The van der Waals surface area contributed by atoms with Gasteiger partial charge < -0.3 is 14.9 Å². The molecule has 2 unspecified atom stereocenters. The van der Waals surface area contributed by atoms with E-state index in [-0.39, 0.29) is 0 Å². The Hall–Kier alpha value is -1.85. The zero-order chi connectivity index (χ0) is 13.8. The molecule has 96 valence electrons. The predicted molar refractivity (Wildman–Crippen MR) is 58.3 cm³/mol. The van der Waals surface area contributed by atoms with Gasteiger partial charge in [-0.3, -0.25) is 4.79 Å². The van der Waals surface area contributed by atoms with Gasteiger partial charge in [0.15, 0.2) is 0 Å². The maximum atomic E-state index is 11.3. The van der Waals surface area contributed by atoms with Crippen molar-refractivity contribution in [1.29, 1.82) is 0 Å². The molecule has 0 bridgehead atoms. The average molecular weight is 244 g/mol. The number of carbonyl (C=O) groups excluding carboxylic acids is 1. The van der Waals surface area contributed by atoms with Crippen LogP contribution in [-0.2, 0) is 19.1 Å². The summed E-state index contributed by atoms with van der Waals surface area (Å²) in [6.45, 7) is 7.29. The number of hydrogen-bond acceptors (Lipinski definition) is 4. The van der Waals surface area contributed by atoms with E-state index in [9.17, 15) is 19.5 Å². The van der Waals surface area contributed by atoms with E-state index in [0.717, 1.165) is 6.08 Å². The molecule has 0 fully saturated rings. The molecule has 6 heteroatoms. The Morgan fingerprint density at radius 3 is 1.94 bits per heavy atom. The number of carboxylic acids is 2. The number of esters is 1. The first-order valence-electron chi connectivity index (χ1n) is 5.01. The Morgan fingerprint density at radius 1 is 1.24 bits per heavy atom. The zero-order valence-electron chi connectivity index (χ0n) is 9.97. The first-order chi connectivity index (χ1) is 7.70. The molecule has 0 aromatic rings. The SMILES string of the molecule is C=CC(=O)OC(C(=O)O)(C(C)C)C(C)C(=O)O. The fourth-order valence-electron chi connectivity index (χ4n) is 1.57. The minimum Gasteiger partial charge on any atom is -0.481 e. The Balaban J connectivity index is 5.59. The van der Waals surface area contributed by atoms with Crippen LogP contribution >= 0.6 is 0 Å². The molecule has 0 saturated heterocycles. The van der Waals surface area contributed by atoms with E-state index in [1.165, 1.54) is 20.8 Å². The molecule has 0 aromatic heterocycles. The summed E-state index contributed by atoms with van der Waals surface area (Å²) in [5.74, 6) is -5.87. The molecule has 17 heavy (non-hydrogen) atoms. The molecule has 0 aliphatic rings. The minimum atomic E-state index is -2.10. The van der Waals surface area contributed by atoms with Crippen molar-refractivity contribution in [3.8, 4) is 0 Å². The normalized spacial score (nSPS) is 15.8. The summed E-state index contributed by atoms with van der Waals surface area (Å²) in [6, 6.07) is 0. The van der Waals surface area contributed by atoms with Crippen molar-refractivity contribution in [3.05, 3.63) is 12.7 Å². The summed E-state index contributed by atoms with van der Waals surface area (Å²) in [5.41, 5.74) is -2.10. The molecule has 2 N–H and O–H groups in total. The van der Waals surface area contributed by atoms with Gasteiger partial charge in [0.05, 0.1) is 0 Å². The summed E-state index contributed by atoms with van der Waals surface area (Å²) >= 11 is 0. The first-order valence-corrected chi connectivity index (χ1v) is 5.01. The predicted octanol–water partition coefficient (Wildman–Crippen LogP) is 0.916. The standard InChI is InChI=1S/C11H16O6/c1-5-8(12)17-11(6(2)3,10(15)16)7(4)9(13)14/h5-7H,1H2,2-4H3,(H,13,14)(H,15,16). The highest BCUT2D eigenvalue weighted by molar-refractivity contribution is 5.90. The molecule has 0 spiro atoms. The fraction of sp³-hybridized carbons (Fsp3) is 0.545. The highest BCUT2D eigenvalue weighted by Gasteiger charge is 2.53. The van der Waals surface area contributed by atoms with Gasteiger partial charge in [0.25, 0.3) is 0 Å². The van der Waals surface area contributed by atoms with Crippen LogP contribution in [0, 0.1) is 11.8 Å². The highest BCUT2D eigenvalue weighted by Crippen LogP contribution is 2.31.